The third kappa shape index (κ3) is 3.75. The maximum Gasteiger partial charge on any atom is 0.0925 e. The van der Waals surface area contributed by atoms with E-state index in [4.69, 9.17) is 10.2 Å². The molecule has 1 unspecified atom stereocenters. The van der Waals surface area contributed by atoms with Crippen LogP contribution in [0.25, 0.3) is 0 Å². The highest BCUT2D eigenvalue weighted by atomic mass is 32.2. The highest BCUT2D eigenvalue weighted by Gasteiger charge is 2.03. The summed E-state index contributed by atoms with van der Waals surface area (Å²) in [6.45, 7) is -0.187. The molecule has 0 aliphatic rings. The predicted molar refractivity (Wildman–Crippen MR) is 50.3 cm³/mol. The molecule has 0 saturated heterocycles. The Morgan fingerprint density at radius 1 is 1.69 bits per heavy atom. The highest BCUT2D eigenvalue weighted by Crippen LogP contribution is 2.09. The number of thioether (sulfide) groups is 1. The Bertz CT molecular complexity index is 254. The van der Waals surface area contributed by atoms with Crippen LogP contribution in [-0.2, 0) is 12.8 Å². The van der Waals surface area contributed by atoms with Gasteiger partial charge in [0.1, 0.15) is 0 Å². The Kier molecular flexibility index (Phi) is 4.20. The number of hydrogen-bond acceptors (Lipinski definition) is 5. The molecule has 0 radical (unpaired) electrons. The summed E-state index contributed by atoms with van der Waals surface area (Å²) in [4.78, 5) is 0. The Morgan fingerprint density at radius 2 is 2.46 bits per heavy atom. The van der Waals surface area contributed by atoms with E-state index in [0.717, 1.165) is 5.69 Å². The van der Waals surface area contributed by atoms with Crippen LogP contribution in [0.5, 0.6) is 0 Å². The molecule has 0 spiro atoms. The van der Waals surface area contributed by atoms with Crippen molar-refractivity contribution in [2.24, 2.45) is 7.05 Å². The molecule has 0 bridgehead atoms. The number of aryl methyl sites for hydroxylation is 1. The van der Waals surface area contributed by atoms with Crippen molar-refractivity contribution in [3.63, 3.8) is 0 Å². The van der Waals surface area contributed by atoms with E-state index in [0.29, 0.717) is 11.5 Å². The minimum absolute atomic E-state index is 0.187. The van der Waals surface area contributed by atoms with E-state index in [1.165, 1.54) is 11.8 Å². The highest BCUT2D eigenvalue weighted by molar-refractivity contribution is 7.98. The van der Waals surface area contributed by atoms with Crippen LogP contribution >= 0.6 is 11.8 Å². The van der Waals surface area contributed by atoms with E-state index in [2.05, 4.69) is 10.3 Å². The van der Waals surface area contributed by atoms with Crippen molar-refractivity contribution >= 4 is 11.8 Å². The van der Waals surface area contributed by atoms with Gasteiger partial charge < -0.3 is 10.2 Å². The van der Waals surface area contributed by atoms with Crippen LogP contribution in [0, 0.1) is 0 Å². The van der Waals surface area contributed by atoms with E-state index in [-0.39, 0.29) is 6.61 Å². The molecule has 0 aliphatic heterocycles. The van der Waals surface area contributed by atoms with Gasteiger partial charge in [0.05, 0.1) is 18.4 Å². The molecule has 1 aromatic heterocycles. The van der Waals surface area contributed by atoms with Crippen LogP contribution in [0.2, 0.25) is 0 Å². The van der Waals surface area contributed by atoms with Crippen molar-refractivity contribution in [3.05, 3.63) is 11.9 Å². The third-order valence-corrected chi connectivity index (χ3v) is 2.54. The summed E-state index contributed by atoms with van der Waals surface area (Å²) in [5.74, 6) is 1.23. The lowest BCUT2D eigenvalue weighted by atomic mass is 10.4. The number of nitrogens with zero attached hydrogens (tertiary/aromatic N) is 3. The van der Waals surface area contributed by atoms with Crippen molar-refractivity contribution < 1.29 is 10.2 Å². The van der Waals surface area contributed by atoms with E-state index in [9.17, 15) is 0 Å². The predicted octanol–water partition coefficient (Wildman–Crippen LogP) is -0.599. The molecule has 1 rings (SSSR count). The van der Waals surface area contributed by atoms with Crippen LogP contribution in [0.4, 0.5) is 0 Å². The van der Waals surface area contributed by atoms with E-state index < -0.39 is 6.10 Å². The first-order chi connectivity index (χ1) is 6.22. The normalized spacial score (nSPS) is 13.2. The zero-order chi connectivity index (χ0) is 9.68. The smallest absolute Gasteiger partial charge is 0.0925 e. The lowest BCUT2D eigenvalue weighted by Crippen LogP contribution is -2.14. The minimum atomic E-state index is -0.637. The summed E-state index contributed by atoms with van der Waals surface area (Å²) in [7, 11) is 1.81. The molecule has 0 aromatic carbocycles. The molecule has 2 N–H and O–H groups in total. The molecule has 1 atom stereocenters. The number of hydrogen-bond donors (Lipinski definition) is 2. The number of aliphatic hydroxyl groups excluding tert-OH is 2. The first-order valence-electron chi connectivity index (χ1n) is 3.94. The number of aromatic nitrogens is 3. The molecule has 0 saturated carbocycles. The first kappa shape index (κ1) is 10.5. The molecule has 6 heteroatoms. The molecule has 5 nitrogen and oxygen atoms in total. The van der Waals surface area contributed by atoms with E-state index in [1.807, 2.05) is 13.2 Å². The molecule has 1 aromatic rings. The maximum atomic E-state index is 9.03. The van der Waals surface area contributed by atoms with Crippen molar-refractivity contribution in [2.45, 2.75) is 11.9 Å². The fraction of sp³-hybridized carbons (Fsp3) is 0.714. The lowest BCUT2D eigenvalue weighted by molar-refractivity contribution is 0.113. The molecule has 0 aliphatic carbocycles. The van der Waals surface area contributed by atoms with Gasteiger partial charge in [-0.2, -0.15) is 11.8 Å². The van der Waals surface area contributed by atoms with Gasteiger partial charge in [-0.15, -0.1) is 5.10 Å². The van der Waals surface area contributed by atoms with Crippen molar-refractivity contribution in [1.29, 1.82) is 0 Å². The SMILES string of the molecule is Cn1cc(CSCC(O)CO)nn1. The zero-order valence-electron chi connectivity index (χ0n) is 7.42. The van der Waals surface area contributed by atoms with Crippen molar-refractivity contribution in [1.82, 2.24) is 15.0 Å². The van der Waals surface area contributed by atoms with Gasteiger partial charge in [0, 0.05) is 24.8 Å². The molecular formula is C7H13N3O2S. The Balaban J connectivity index is 2.20. The Morgan fingerprint density at radius 3 is 3.00 bits per heavy atom. The second-order valence-corrected chi connectivity index (χ2v) is 3.77. The lowest BCUT2D eigenvalue weighted by Gasteiger charge is -2.04. The fourth-order valence-corrected chi connectivity index (χ4v) is 1.65. The number of rotatable bonds is 5. The van der Waals surface area contributed by atoms with Crippen LogP contribution in [-0.4, -0.2) is 43.7 Å². The molecule has 1 heterocycles. The molecule has 13 heavy (non-hydrogen) atoms. The summed E-state index contributed by atoms with van der Waals surface area (Å²) < 4.78 is 1.64. The first-order valence-corrected chi connectivity index (χ1v) is 5.09. The van der Waals surface area contributed by atoms with Crippen molar-refractivity contribution in [3.8, 4) is 0 Å². The Hall–Kier alpha value is -0.590. The van der Waals surface area contributed by atoms with Gasteiger partial charge in [0.2, 0.25) is 0 Å². The topological polar surface area (TPSA) is 71.2 Å². The second kappa shape index (κ2) is 5.21. The van der Waals surface area contributed by atoms with Crippen LogP contribution in [0.15, 0.2) is 6.20 Å². The number of aliphatic hydroxyl groups is 2. The molecular weight excluding hydrogens is 190 g/mol. The summed E-state index contributed by atoms with van der Waals surface area (Å²) >= 11 is 1.53. The van der Waals surface area contributed by atoms with Gasteiger partial charge in [0.25, 0.3) is 0 Å². The van der Waals surface area contributed by atoms with Gasteiger partial charge in [-0.05, 0) is 0 Å². The molecule has 0 fully saturated rings. The van der Waals surface area contributed by atoms with Gasteiger partial charge in [-0.1, -0.05) is 5.21 Å². The minimum Gasteiger partial charge on any atom is -0.394 e. The maximum absolute atomic E-state index is 9.03. The van der Waals surface area contributed by atoms with Crippen molar-refractivity contribution in [2.75, 3.05) is 12.4 Å². The fourth-order valence-electron chi connectivity index (χ4n) is 0.814. The monoisotopic (exact) mass is 203 g/mol. The standard InChI is InChI=1S/C7H13N3O2S/c1-10-2-6(8-9-10)4-13-5-7(12)3-11/h2,7,11-12H,3-5H2,1H3. The molecule has 74 valence electrons. The summed E-state index contributed by atoms with van der Waals surface area (Å²) in [6, 6.07) is 0. The largest absolute Gasteiger partial charge is 0.394 e. The van der Waals surface area contributed by atoms with Gasteiger partial charge in [-0.3, -0.25) is 4.68 Å². The summed E-state index contributed by atoms with van der Waals surface area (Å²) in [5, 5.41) is 25.2. The Labute approximate surface area is 80.8 Å². The summed E-state index contributed by atoms with van der Waals surface area (Å²) in [5.41, 5.74) is 0.887. The van der Waals surface area contributed by atoms with Crippen LogP contribution in [0.3, 0.4) is 0 Å². The van der Waals surface area contributed by atoms with Crippen LogP contribution in [0.1, 0.15) is 5.69 Å². The average Bonchev–Trinajstić information content (AvgIpc) is 2.51. The zero-order valence-corrected chi connectivity index (χ0v) is 8.24. The van der Waals surface area contributed by atoms with Gasteiger partial charge in [0.15, 0.2) is 0 Å². The molecule has 0 amide bonds. The average molecular weight is 203 g/mol. The van der Waals surface area contributed by atoms with Crippen LogP contribution < -0.4 is 0 Å². The third-order valence-electron chi connectivity index (χ3n) is 1.42. The van der Waals surface area contributed by atoms with Gasteiger partial charge in [-0.25, -0.2) is 0 Å². The van der Waals surface area contributed by atoms with E-state index in [1.54, 1.807) is 4.68 Å². The van der Waals surface area contributed by atoms with Gasteiger partial charge >= 0.3 is 0 Å². The quantitative estimate of drug-likeness (QED) is 0.668. The van der Waals surface area contributed by atoms with E-state index >= 15 is 0 Å². The second-order valence-electron chi connectivity index (χ2n) is 2.74. The summed E-state index contributed by atoms with van der Waals surface area (Å²) in [6.07, 6.45) is 1.19.